The normalized spacial score (nSPS) is 13.3. The highest BCUT2D eigenvalue weighted by Gasteiger charge is 2.26. The minimum absolute atomic E-state index is 0.0803. The molecule has 0 aliphatic heterocycles. The lowest BCUT2D eigenvalue weighted by Crippen LogP contribution is -2.19. The quantitative estimate of drug-likeness (QED) is 0.694. The highest BCUT2D eigenvalue weighted by molar-refractivity contribution is 6.08. The van der Waals surface area contributed by atoms with Crippen LogP contribution in [0.1, 0.15) is 44.9 Å². The zero-order valence-electron chi connectivity index (χ0n) is 13.2. The van der Waals surface area contributed by atoms with Gasteiger partial charge in [0, 0.05) is 29.1 Å². The summed E-state index contributed by atoms with van der Waals surface area (Å²) in [5, 5.41) is 5.21. The third-order valence-corrected chi connectivity index (χ3v) is 4.05. The van der Waals surface area contributed by atoms with E-state index in [1.165, 1.54) is 0 Å². The first-order valence-electron chi connectivity index (χ1n) is 7.68. The van der Waals surface area contributed by atoms with Crippen molar-refractivity contribution in [2.75, 3.05) is 10.6 Å². The summed E-state index contributed by atoms with van der Waals surface area (Å²) < 4.78 is 0. The van der Waals surface area contributed by atoms with Crippen LogP contribution in [0.5, 0.6) is 0 Å². The molecule has 1 aromatic heterocycles. The van der Waals surface area contributed by atoms with Crippen LogP contribution in [0.2, 0.25) is 0 Å². The number of carbonyl (C=O) groups excluding carboxylic acids is 3. The van der Waals surface area contributed by atoms with E-state index in [0.29, 0.717) is 34.6 Å². The first kappa shape index (κ1) is 15.8. The van der Waals surface area contributed by atoms with Crippen LogP contribution in [0.25, 0.3) is 0 Å². The van der Waals surface area contributed by atoms with Crippen molar-refractivity contribution >= 4 is 29.1 Å². The Morgan fingerprint density at radius 3 is 2.54 bits per heavy atom. The number of ketones is 1. The van der Waals surface area contributed by atoms with E-state index in [9.17, 15) is 14.4 Å². The summed E-state index contributed by atoms with van der Waals surface area (Å²) in [7, 11) is 0. The van der Waals surface area contributed by atoms with Crippen molar-refractivity contribution in [3.05, 3.63) is 46.8 Å². The summed E-state index contributed by atoms with van der Waals surface area (Å²) >= 11 is 0. The molecule has 3 rings (SSSR count). The van der Waals surface area contributed by atoms with Crippen LogP contribution in [0, 0.1) is 6.92 Å². The number of aryl methyl sites for hydroxylation is 1. The molecule has 0 bridgehead atoms. The second-order valence-corrected chi connectivity index (χ2v) is 5.78. The molecule has 1 heterocycles. The Morgan fingerprint density at radius 1 is 1.17 bits per heavy atom. The fraction of sp³-hybridized carbons (Fsp3) is 0.235. The van der Waals surface area contributed by atoms with Gasteiger partial charge in [-0.3, -0.25) is 9.59 Å². The van der Waals surface area contributed by atoms with Crippen LogP contribution in [0.15, 0.2) is 24.3 Å². The van der Waals surface area contributed by atoms with Crippen molar-refractivity contribution in [3.63, 3.8) is 0 Å². The van der Waals surface area contributed by atoms with Gasteiger partial charge in [-0.25, -0.2) is 4.79 Å². The van der Waals surface area contributed by atoms with Crippen molar-refractivity contribution < 1.29 is 14.4 Å². The lowest BCUT2D eigenvalue weighted by molar-refractivity contribution is 0.0971. The predicted octanol–water partition coefficient (Wildman–Crippen LogP) is 2.59. The predicted molar refractivity (Wildman–Crippen MR) is 90.4 cm³/mol. The molecule has 0 unspecified atom stereocenters. The fourth-order valence-electron chi connectivity index (χ4n) is 3.01. The van der Waals surface area contributed by atoms with E-state index in [1.54, 1.807) is 31.2 Å². The maximum absolute atomic E-state index is 12.5. The van der Waals surface area contributed by atoms with E-state index in [2.05, 4.69) is 15.6 Å². The second-order valence-electron chi connectivity index (χ2n) is 5.78. The van der Waals surface area contributed by atoms with Crippen LogP contribution < -0.4 is 16.4 Å². The van der Waals surface area contributed by atoms with E-state index in [-0.39, 0.29) is 11.7 Å². The van der Waals surface area contributed by atoms with Gasteiger partial charge in [0.2, 0.25) is 0 Å². The molecule has 3 amide bonds. The highest BCUT2D eigenvalue weighted by Crippen LogP contribution is 2.27. The number of carbonyl (C=O) groups is 3. The number of urea groups is 1. The van der Waals surface area contributed by atoms with Gasteiger partial charge < -0.3 is 21.4 Å². The Labute approximate surface area is 138 Å². The van der Waals surface area contributed by atoms with Crippen molar-refractivity contribution in [2.24, 2.45) is 5.73 Å². The minimum Gasteiger partial charge on any atom is -0.354 e. The molecule has 0 saturated carbocycles. The molecule has 0 fully saturated rings. The summed E-state index contributed by atoms with van der Waals surface area (Å²) in [5.74, 6) is -0.248. The third kappa shape index (κ3) is 3.01. The number of hydrogen-bond acceptors (Lipinski definition) is 3. The zero-order valence-corrected chi connectivity index (χ0v) is 13.2. The number of hydrogen-bond donors (Lipinski definition) is 4. The van der Waals surface area contributed by atoms with Crippen molar-refractivity contribution in [2.45, 2.75) is 26.2 Å². The molecule has 0 atom stereocenters. The average molecular weight is 326 g/mol. The first-order valence-corrected chi connectivity index (χ1v) is 7.68. The number of aromatic nitrogens is 1. The number of rotatable bonds is 3. The second kappa shape index (κ2) is 6.19. The molecular formula is C17H18N4O3. The SMILES string of the molecule is Cc1c(C(=O)Nc2cccc(NC(N)=O)c2)[nH]c2c1C(=O)CCC2. The van der Waals surface area contributed by atoms with Gasteiger partial charge in [-0.1, -0.05) is 6.07 Å². The standard InChI is InChI=1S/C17H18N4O3/c1-9-14-12(6-3-7-13(14)22)21-15(9)16(23)19-10-4-2-5-11(8-10)20-17(18)24/h2,4-5,8,21H,3,6-7H2,1H3,(H,19,23)(H3,18,20,24). The Kier molecular flexibility index (Phi) is 4.07. The smallest absolute Gasteiger partial charge is 0.316 e. The van der Waals surface area contributed by atoms with Crippen LogP contribution in [0.4, 0.5) is 16.2 Å². The molecule has 0 radical (unpaired) electrons. The van der Waals surface area contributed by atoms with E-state index in [0.717, 1.165) is 18.5 Å². The maximum atomic E-state index is 12.5. The van der Waals surface area contributed by atoms with E-state index in [1.807, 2.05) is 0 Å². The number of benzene rings is 1. The molecule has 124 valence electrons. The molecule has 1 aromatic carbocycles. The Morgan fingerprint density at radius 2 is 1.88 bits per heavy atom. The molecule has 0 saturated heterocycles. The molecule has 1 aliphatic carbocycles. The van der Waals surface area contributed by atoms with E-state index in [4.69, 9.17) is 5.73 Å². The topological polar surface area (TPSA) is 117 Å². The Bertz CT molecular complexity index is 838. The number of nitrogens with two attached hydrogens (primary N) is 1. The van der Waals surface area contributed by atoms with Gasteiger partial charge in [0.05, 0.1) is 0 Å². The minimum atomic E-state index is -0.676. The van der Waals surface area contributed by atoms with Gasteiger partial charge in [-0.05, 0) is 43.5 Å². The number of anilines is 2. The molecule has 1 aliphatic rings. The van der Waals surface area contributed by atoms with Crippen LogP contribution in [0.3, 0.4) is 0 Å². The number of H-pyrrole nitrogens is 1. The van der Waals surface area contributed by atoms with Gasteiger partial charge in [0.25, 0.3) is 5.91 Å². The number of Topliss-reactive ketones (excluding diaryl/α,β-unsaturated/α-hetero) is 1. The summed E-state index contributed by atoms with van der Waals surface area (Å²) in [5.41, 5.74) is 8.64. The third-order valence-electron chi connectivity index (χ3n) is 4.05. The Hall–Kier alpha value is -3.09. The molecular weight excluding hydrogens is 308 g/mol. The van der Waals surface area contributed by atoms with Gasteiger partial charge in [0.15, 0.2) is 5.78 Å². The van der Waals surface area contributed by atoms with Crippen LogP contribution in [-0.4, -0.2) is 22.7 Å². The number of aromatic amines is 1. The molecule has 7 nitrogen and oxygen atoms in total. The Balaban J connectivity index is 1.83. The van der Waals surface area contributed by atoms with Gasteiger partial charge in [-0.2, -0.15) is 0 Å². The fourth-order valence-corrected chi connectivity index (χ4v) is 3.01. The largest absolute Gasteiger partial charge is 0.354 e. The van der Waals surface area contributed by atoms with Gasteiger partial charge in [0.1, 0.15) is 5.69 Å². The molecule has 24 heavy (non-hydrogen) atoms. The number of fused-ring (bicyclic) bond motifs is 1. The molecule has 7 heteroatoms. The molecule has 2 aromatic rings. The van der Waals surface area contributed by atoms with E-state index < -0.39 is 6.03 Å². The summed E-state index contributed by atoms with van der Waals surface area (Å²) in [6, 6.07) is 5.98. The van der Waals surface area contributed by atoms with Crippen molar-refractivity contribution in [1.82, 2.24) is 4.98 Å². The number of primary amides is 1. The summed E-state index contributed by atoms with van der Waals surface area (Å²) in [6.07, 6.45) is 2.09. The number of nitrogens with one attached hydrogen (secondary N) is 3. The monoisotopic (exact) mass is 326 g/mol. The molecule has 0 spiro atoms. The summed E-state index contributed by atoms with van der Waals surface area (Å²) in [6.45, 7) is 1.78. The lowest BCUT2D eigenvalue weighted by Gasteiger charge is -2.09. The van der Waals surface area contributed by atoms with Crippen molar-refractivity contribution in [1.29, 1.82) is 0 Å². The first-order chi connectivity index (χ1) is 11.5. The van der Waals surface area contributed by atoms with Crippen LogP contribution >= 0.6 is 0 Å². The number of amides is 3. The van der Waals surface area contributed by atoms with Gasteiger partial charge in [-0.15, -0.1) is 0 Å². The maximum Gasteiger partial charge on any atom is 0.316 e. The van der Waals surface area contributed by atoms with E-state index >= 15 is 0 Å². The van der Waals surface area contributed by atoms with Crippen LogP contribution in [-0.2, 0) is 6.42 Å². The highest BCUT2D eigenvalue weighted by atomic mass is 16.2. The summed E-state index contributed by atoms with van der Waals surface area (Å²) in [4.78, 5) is 38.5. The molecule has 5 N–H and O–H groups in total. The average Bonchev–Trinajstić information content (AvgIpc) is 2.85. The zero-order chi connectivity index (χ0) is 17.3. The lowest BCUT2D eigenvalue weighted by atomic mass is 9.94. The van der Waals surface area contributed by atoms with Gasteiger partial charge >= 0.3 is 6.03 Å². The van der Waals surface area contributed by atoms with Crippen molar-refractivity contribution in [3.8, 4) is 0 Å².